The number of ether oxygens (including phenoxy) is 1. The topological polar surface area (TPSA) is 54.5 Å². The third-order valence-electron chi connectivity index (χ3n) is 4.88. The van der Waals surface area contributed by atoms with E-state index in [1.54, 1.807) is 0 Å². The van der Waals surface area contributed by atoms with Crippen molar-refractivity contribution in [3.05, 3.63) is 59.8 Å². The van der Waals surface area contributed by atoms with E-state index in [4.69, 9.17) is 4.74 Å². The molecule has 1 amide bonds. The summed E-state index contributed by atoms with van der Waals surface area (Å²) in [4.78, 5) is 18.4. The van der Waals surface area contributed by atoms with Crippen LogP contribution in [0.4, 0.5) is 10.6 Å². The Balaban J connectivity index is 1.38. The highest BCUT2D eigenvalue weighted by Crippen LogP contribution is 2.19. The molecule has 1 aliphatic rings. The van der Waals surface area contributed by atoms with Crippen LogP contribution in [0.3, 0.4) is 0 Å². The van der Waals surface area contributed by atoms with Gasteiger partial charge in [-0.15, -0.1) is 0 Å². The molecule has 1 fully saturated rings. The maximum atomic E-state index is 12.2. The number of pyridine rings is 1. The van der Waals surface area contributed by atoms with E-state index in [-0.39, 0.29) is 6.09 Å². The van der Waals surface area contributed by atoms with Crippen molar-refractivity contribution in [3.63, 3.8) is 0 Å². The fourth-order valence-corrected chi connectivity index (χ4v) is 3.17. The van der Waals surface area contributed by atoms with E-state index in [2.05, 4.69) is 23.3 Å². The highest BCUT2D eigenvalue weighted by Gasteiger charge is 2.23. The third kappa shape index (κ3) is 5.22. The van der Waals surface area contributed by atoms with Crippen LogP contribution in [0, 0.1) is 5.92 Å². The lowest BCUT2D eigenvalue weighted by atomic mass is 9.97. The van der Waals surface area contributed by atoms with Crippen molar-refractivity contribution in [2.24, 2.45) is 5.92 Å². The second-order valence-electron chi connectivity index (χ2n) is 6.75. The Labute approximate surface area is 155 Å². The van der Waals surface area contributed by atoms with Crippen molar-refractivity contribution in [1.82, 2.24) is 9.88 Å². The largest absolute Gasteiger partial charge is 0.445 e. The van der Waals surface area contributed by atoms with Crippen LogP contribution < -0.4 is 5.32 Å². The predicted octanol–water partition coefficient (Wildman–Crippen LogP) is 4.10. The van der Waals surface area contributed by atoms with Gasteiger partial charge in [0.25, 0.3) is 0 Å². The van der Waals surface area contributed by atoms with Crippen LogP contribution in [0.15, 0.2) is 48.7 Å². The highest BCUT2D eigenvalue weighted by atomic mass is 16.6. The summed E-state index contributed by atoms with van der Waals surface area (Å²) in [6, 6.07) is 13.9. The minimum atomic E-state index is -0.211. The van der Waals surface area contributed by atoms with Gasteiger partial charge in [0.2, 0.25) is 0 Å². The summed E-state index contributed by atoms with van der Waals surface area (Å²) in [7, 11) is 0. The summed E-state index contributed by atoms with van der Waals surface area (Å²) < 4.78 is 5.42. The van der Waals surface area contributed by atoms with E-state index >= 15 is 0 Å². The number of carbonyl (C=O) groups is 1. The second kappa shape index (κ2) is 9.22. The van der Waals surface area contributed by atoms with E-state index in [1.807, 2.05) is 47.5 Å². The molecular weight excluding hydrogens is 326 g/mol. The fraction of sp³-hybridized carbons (Fsp3) is 0.429. The lowest BCUT2D eigenvalue weighted by molar-refractivity contribution is 0.0832. The highest BCUT2D eigenvalue weighted by molar-refractivity contribution is 5.67. The van der Waals surface area contributed by atoms with E-state index in [1.165, 1.54) is 5.56 Å². The summed E-state index contributed by atoms with van der Waals surface area (Å²) in [5, 5.41) is 3.43. The quantitative estimate of drug-likeness (QED) is 0.849. The Kier molecular flexibility index (Phi) is 6.47. The Morgan fingerprint density at radius 3 is 2.69 bits per heavy atom. The van der Waals surface area contributed by atoms with Gasteiger partial charge in [-0.25, -0.2) is 9.78 Å². The summed E-state index contributed by atoms with van der Waals surface area (Å²) in [5.74, 6) is 1.49. The molecule has 1 aliphatic heterocycles. The number of aromatic nitrogens is 1. The van der Waals surface area contributed by atoms with Gasteiger partial charge in [-0.3, -0.25) is 0 Å². The molecule has 5 nitrogen and oxygen atoms in total. The maximum Gasteiger partial charge on any atom is 0.410 e. The standard InChI is InChI=1S/C21H27N3O2/c1-2-17-8-11-22-20(14-17)23-15-18-9-12-24(13-10-18)21(25)26-16-19-6-4-3-5-7-19/h3-8,11,14,18H,2,9-10,12-13,15-16H2,1H3,(H,22,23). The monoisotopic (exact) mass is 353 g/mol. The van der Waals surface area contributed by atoms with Crippen LogP contribution in [-0.4, -0.2) is 35.6 Å². The number of anilines is 1. The van der Waals surface area contributed by atoms with Gasteiger partial charge in [-0.2, -0.15) is 0 Å². The van der Waals surface area contributed by atoms with Gasteiger partial charge in [0, 0.05) is 25.8 Å². The van der Waals surface area contributed by atoms with E-state index in [9.17, 15) is 4.79 Å². The Hall–Kier alpha value is -2.56. The number of hydrogen-bond donors (Lipinski definition) is 1. The number of hydrogen-bond acceptors (Lipinski definition) is 4. The molecule has 0 aliphatic carbocycles. The SMILES string of the molecule is CCc1ccnc(NCC2CCN(C(=O)OCc3ccccc3)CC2)c1. The smallest absolute Gasteiger partial charge is 0.410 e. The number of nitrogens with zero attached hydrogens (tertiary/aromatic N) is 2. The first-order chi connectivity index (χ1) is 12.7. The molecule has 3 rings (SSSR count). The number of likely N-dealkylation sites (tertiary alicyclic amines) is 1. The number of piperidine rings is 1. The van der Waals surface area contributed by atoms with Gasteiger partial charge in [-0.1, -0.05) is 37.3 Å². The van der Waals surface area contributed by atoms with Crippen LogP contribution >= 0.6 is 0 Å². The summed E-state index contributed by atoms with van der Waals surface area (Å²) in [5.41, 5.74) is 2.31. The van der Waals surface area contributed by atoms with Crippen LogP contribution in [0.25, 0.3) is 0 Å². The molecule has 2 heterocycles. The molecule has 26 heavy (non-hydrogen) atoms. The lowest BCUT2D eigenvalue weighted by Crippen LogP contribution is -2.40. The zero-order chi connectivity index (χ0) is 18.2. The van der Waals surface area contributed by atoms with E-state index < -0.39 is 0 Å². The molecule has 1 aromatic heterocycles. The maximum absolute atomic E-state index is 12.2. The number of rotatable bonds is 6. The normalized spacial score (nSPS) is 14.9. The predicted molar refractivity (Wildman–Crippen MR) is 103 cm³/mol. The number of aryl methyl sites for hydroxylation is 1. The van der Waals surface area contributed by atoms with Crippen molar-refractivity contribution < 1.29 is 9.53 Å². The van der Waals surface area contributed by atoms with E-state index in [0.29, 0.717) is 12.5 Å². The van der Waals surface area contributed by atoms with Crippen molar-refractivity contribution in [2.45, 2.75) is 32.8 Å². The lowest BCUT2D eigenvalue weighted by Gasteiger charge is -2.31. The third-order valence-corrected chi connectivity index (χ3v) is 4.88. The molecule has 0 atom stereocenters. The molecule has 1 N–H and O–H groups in total. The molecule has 138 valence electrons. The van der Waals surface area contributed by atoms with Gasteiger partial charge >= 0.3 is 6.09 Å². The number of nitrogens with one attached hydrogen (secondary N) is 1. The molecule has 5 heteroatoms. The fourth-order valence-electron chi connectivity index (χ4n) is 3.17. The first-order valence-electron chi connectivity index (χ1n) is 9.39. The second-order valence-corrected chi connectivity index (χ2v) is 6.75. The Bertz CT molecular complexity index is 697. The molecule has 1 saturated heterocycles. The Morgan fingerprint density at radius 1 is 1.19 bits per heavy atom. The number of carbonyl (C=O) groups excluding carboxylic acids is 1. The molecule has 0 bridgehead atoms. The average Bonchev–Trinajstić information content (AvgIpc) is 2.72. The van der Waals surface area contributed by atoms with Crippen molar-refractivity contribution in [2.75, 3.05) is 25.0 Å². The van der Waals surface area contributed by atoms with Crippen LogP contribution in [0.5, 0.6) is 0 Å². The first-order valence-corrected chi connectivity index (χ1v) is 9.39. The summed E-state index contributed by atoms with van der Waals surface area (Å²) >= 11 is 0. The molecule has 0 spiro atoms. The first kappa shape index (κ1) is 18.2. The van der Waals surface area contributed by atoms with Crippen LogP contribution in [0.1, 0.15) is 30.9 Å². The van der Waals surface area contributed by atoms with Gasteiger partial charge in [0.1, 0.15) is 12.4 Å². The van der Waals surface area contributed by atoms with Crippen molar-refractivity contribution in [3.8, 4) is 0 Å². The van der Waals surface area contributed by atoms with Gasteiger partial charge in [0.05, 0.1) is 0 Å². The van der Waals surface area contributed by atoms with Crippen LogP contribution in [0.2, 0.25) is 0 Å². The van der Waals surface area contributed by atoms with E-state index in [0.717, 1.165) is 50.3 Å². The summed E-state index contributed by atoms with van der Waals surface area (Å²) in [6.45, 7) is 4.88. The minimum Gasteiger partial charge on any atom is -0.445 e. The van der Waals surface area contributed by atoms with Crippen molar-refractivity contribution >= 4 is 11.9 Å². The van der Waals surface area contributed by atoms with Gasteiger partial charge in [-0.05, 0) is 48.4 Å². The number of amides is 1. The average molecular weight is 353 g/mol. The molecule has 0 unspecified atom stereocenters. The Morgan fingerprint density at radius 2 is 1.96 bits per heavy atom. The molecule has 2 aromatic rings. The zero-order valence-electron chi connectivity index (χ0n) is 15.4. The van der Waals surface area contributed by atoms with Gasteiger partial charge < -0.3 is 15.0 Å². The summed E-state index contributed by atoms with van der Waals surface area (Å²) in [6.07, 6.45) is 4.63. The van der Waals surface area contributed by atoms with Gasteiger partial charge in [0.15, 0.2) is 0 Å². The number of benzene rings is 1. The molecule has 1 aromatic carbocycles. The van der Waals surface area contributed by atoms with Crippen molar-refractivity contribution in [1.29, 1.82) is 0 Å². The molecule has 0 saturated carbocycles. The van der Waals surface area contributed by atoms with Crippen LogP contribution in [-0.2, 0) is 17.8 Å². The molecule has 0 radical (unpaired) electrons. The molecular formula is C21H27N3O2. The minimum absolute atomic E-state index is 0.211. The zero-order valence-corrected chi connectivity index (χ0v) is 15.4.